The van der Waals surface area contributed by atoms with Gasteiger partial charge in [-0.2, -0.15) is 0 Å². The summed E-state index contributed by atoms with van der Waals surface area (Å²) in [7, 11) is 3.39. The van der Waals surface area contributed by atoms with Gasteiger partial charge in [0.2, 0.25) is 0 Å². The van der Waals surface area contributed by atoms with Gasteiger partial charge in [-0.1, -0.05) is 23.2 Å². The first-order valence-electron chi connectivity index (χ1n) is 6.21. The lowest BCUT2D eigenvalue weighted by molar-refractivity contribution is 0.0827. The summed E-state index contributed by atoms with van der Waals surface area (Å²) in [5, 5.41) is 4.18. The summed E-state index contributed by atoms with van der Waals surface area (Å²) < 4.78 is 0. The minimum atomic E-state index is -0.102. The first kappa shape index (κ1) is 15.5. The second-order valence-electron chi connectivity index (χ2n) is 4.75. The van der Waals surface area contributed by atoms with Gasteiger partial charge in [0.15, 0.2) is 0 Å². The van der Waals surface area contributed by atoms with E-state index in [2.05, 4.69) is 5.32 Å². The smallest absolute Gasteiger partial charge is 0.253 e. The lowest BCUT2D eigenvalue weighted by Gasteiger charge is -2.15. The van der Waals surface area contributed by atoms with E-state index in [0.29, 0.717) is 32.7 Å². The molecule has 2 aromatic rings. The lowest BCUT2D eigenvalue weighted by atomic mass is 10.1. The van der Waals surface area contributed by atoms with Crippen molar-refractivity contribution >= 4 is 46.2 Å². The van der Waals surface area contributed by atoms with Gasteiger partial charge in [-0.15, -0.1) is 0 Å². The molecule has 0 atom stereocenters. The molecule has 3 N–H and O–H groups in total. The van der Waals surface area contributed by atoms with Crippen LogP contribution in [0.2, 0.25) is 10.0 Å². The molecule has 0 radical (unpaired) electrons. The number of halogens is 2. The Morgan fingerprint density at radius 2 is 1.81 bits per heavy atom. The summed E-state index contributed by atoms with van der Waals surface area (Å²) in [4.78, 5) is 13.5. The topological polar surface area (TPSA) is 58.4 Å². The molecule has 6 heteroatoms. The number of nitrogens with two attached hydrogens (primary N) is 1. The molecule has 110 valence electrons. The van der Waals surface area contributed by atoms with Gasteiger partial charge in [-0.05, 0) is 36.4 Å². The van der Waals surface area contributed by atoms with E-state index < -0.39 is 0 Å². The van der Waals surface area contributed by atoms with Crippen molar-refractivity contribution in [1.82, 2.24) is 4.90 Å². The summed E-state index contributed by atoms with van der Waals surface area (Å²) in [5.74, 6) is -0.102. The third kappa shape index (κ3) is 3.60. The summed E-state index contributed by atoms with van der Waals surface area (Å²) in [6, 6.07) is 10.1. The summed E-state index contributed by atoms with van der Waals surface area (Å²) in [6.07, 6.45) is 0. The van der Waals surface area contributed by atoms with Crippen LogP contribution in [0.3, 0.4) is 0 Å². The third-order valence-electron chi connectivity index (χ3n) is 2.90. The number of nitrogens with one attached hydrogen (secondary N) is 1. The van der Waals surface area contributed by atoms with Crippen LogP contribution in [0.1, 0.15) is 10.4 Å². The maximum Gasteiger partial charge on any atom is 0.253 e. The van der Waals surface area contributed by atoms with E-state index in [1.165, 1.54) is 4.90 Å². The van der Waals surface area contributed by atoms with E-state index in [-0.39, 0.29) is 5.91 Å². The van der Waals surface area contributed by atoms with E-state index in [0.717, 1.165) is 0 Å². The summed E-state index contributed by atoms with van der Waals surface area (Å²) in [6.45, 7) is 0. The van der Waals surface area contributed by atoms with Crippen LogP contribution in [-0.4, -0.2) is 24.9 Å². The van der Waals surface area contributed by atoms with Crippen molar-refractivity contribution in [3.05, 3.63) is 52.0 Å². The molecule has 0 bridgehead atoms. The second-order valence-corrected chi connectivity index (χ2v) is 5.59. The average Bonchev–Trinajstić information content (AvgIpc) is 2.44. The van der Waals surface area contributed by atoms with Crippen LogP contribution >= 0.6 is 23.2 Å². The molecule has 1 amide bonds. The lowest BCUT2D eigenvalue weighted by Crippen LogP contribution is -2.21. The SMILES string of the molecule is CN(C)C(=O)c1ccc(N)c(Nc2cc(Cl)ccc2Cl)c1. The van der Waals surface area contributed by atoms with Crippen molar-refractivity contribution in [2.75, 3.05) is 25.1 Å². The highest BCUT2D eigenvalue weighted by Crippen LogP contribution is 2.31. The standard InChI is InChI=1S/C15H15Cl2N3O/c1-20(2)15(21)9-3-6-12(18)14(7-9)19-13-8-10(16)4-5-11(13)17/h3-8,19H,18H2,1-2H3. The fourth-order valence-corrected chi connectivity index (χ4v) is 2.13. The van der Waals surface area contributed by atoms with Crippen molar-refractivity contribution in [2.45, 2.75) is 0 Å². The van der Waals surface area contributed by atoms with E-state index >= 15 is 0 Å². The quantitative estimate of drug-likeness (QED) is 0.838. The highest BCUT2D eigenvalue weighted by atomic mass is 35.5. The minimum Gasteiger partial charge on any atom is -0.397 e. The van der Waals surface area contributed by atoms with Gasteiger partial charge in [0, 0.05) is 24.7 Å². The van der Waals surface area contributed by atoms with Crippen LogP contribution in [0.5, 0.6) is 0 Å². The molecule has 0 saturated heterocycles. The molecule has 0 aliphatic carbocycles. The van der Waals surface area contributed by atoms with E-state index in [1.54, 1.807) is 50.5 Å². The minimum absolute atomic E-state index is 0.102. The fourth-order valence-electron chi connectivity index (χ4n) is 1.79. The van der Waals surface area contributed by atoms with Crippen LogP contribution in [0, 0.1) is 0 Å². The highest BCUT2D eigenvalue weighted by Gasteiger charge is 2.11. The van der Waals surface area contributed by atoms with Crippen molar-refractivity contribution in [3.63, 3.8) is 0 Å². The Labute approximate surface area is 133 Å². The molecule has 4 nitrogen and oxygen atoms in total. The molecule has 0 aliphatic rings. The van der Waals surface area contributed by atoms with Crippen molar-refractivity contribution in [1.29, 1.82) is 0 Å². The molecular formula is C15H15Cl2N3O. The van der Waals surface area contributed by atoms with E-state index in [9.17, 15) is 4.79 Å². The molecule has 0 heterocycles. The molecule has 0 fully saturated rings. The normalized spacial score (nSPS) is 10.3. The number of carbonyl (C=O) groups excluding carboxylic acids is 1. The Bertz CT molecular complexity index is 687. The Kier molecular flexibility index (Phi) is 4.60. The Morgan fingerprint density at radius 3 is 2.48 bits per heavy atom. The zero-order chi connectivity index (χ0) is 15.6. The molecule has 0 spiro atoms. The average molecular weight is 324 g/mol. The predicted octanol–water partition coefficient (Wildman–Crippen LogP) is 4.02. The molecular weight excluding hydrogens is 309 g/mol. The molecule has 0 aliphatic heterocycles. The van der Waals surface area contributed by atoms with E-state index in [1.807, 2.05) is 0 Å². The molecule has 0 unspecified atom stereocenters. The van der Waals surface area contributed by atoms with Gasteiger partial charge in [-0.3, -0.25) is 4.79 Å². The summed E-state index contributed by atoms with van der Waals surface area (Å²) >= 11 is 12.1. The van der Waals surface area contributed by atoms with Crippen molar-refractivity contribution < 1.29 is 4.79 Å². The second kappa shape index (κ2) is 6.24. The number of hydrogen-bond donors (Lipinski definition) is 2. The monoisotopic (exact) mass is 323 g/mol. The van der Waals surface area contributed by atoms with Gasteiger partial charge in [0.05, 0.1) is 22.1 Å². The Hall–Kier alpha value is -1.91. The zero-order valence-corrected chi connectivity index (χ0v) is 13.2. The third-order valence-corrected chi connectivity index (χ3v) is 3.47. The van der Waals surface area contributed by atoms with Crippen LogP contribution in [0.25, 0.3) is 0 Å². The highest BCUT2D eigenvalue weighted by molar-refractivity contribution is 6.35. The largest absolute Gasteiger partial charge is 0.397 e. The molecule has 0 saturated carbocycles. The molecule has 0 aromatic heterocycles. The number of hydrogen-bond acceptors (Lipinski definition) is 3. The number of amides is 1. The predicted molar refractivity (Wildman–Crippen MR) is 88.6 cm³/mol. The Morgan fingerprint density at radius 1 is 1.10 bits per heavy atom. The molecule has 2 aromatic carbocycles. The van der Waals surface area contributed by atoms with Gasteiger partial charge >= 0.3 is 0 Å². The molecule has 2 rings (SSSR count). The number of benzene rings is 2. The van der Waals surface area contributed by atoms with E-state index in [4.69, 9.17) is 28.9 Å². The van der Waals surface area contributed by atoms with Gasteiger partial charge in [0.25, 0.3) is 5.91 Å². The van der Waals surface area contributed by atoms with Crippen LogP contribution < -0.4 is 11.1 Å². The number of carbonyl (C=O) groups is 1. The number of anilines is 3. The fraction of sp³-hybridized carbons (Fsp3) is 0.133. The molecule has 21 heavy (non-hydrogen) atoms. The van der Waals surface area contributed by atoms with Crippen LogP contribution in [0.15, 0.2) is 36.4 Å². The van der Waals surface area contributed by atoms with Crippen molar-refractivity contribution in [2.24, 2.45) is 0 Å². The maximum absolute atomic E-state index is 12.0. The zero-order valence-electron chi connectivity index (χ0n) is 11.7. The number of nitrogens with zero attached hydrogens (tertiary/aromatic N) is 1. The first-order valence-corrected chi connectivity index (χ1v) is 6.97. The Balaban J connectivity index is 2.37. The van der Waals surface area contributed by atoms with Gasteiger partial charge in [0.1, 0.15) is 0 Å². The van der Waals surface area contributed by atoms with Gasteiger partial charge < -0.3 is 16.0 Å². The number of rotatable bonds is 3. The van der Waals surface area contributed by atoms with Gasteiger partial charge in [-0.25, -0.2) is 0 Å². The van der Waals surface area contributed by atoms with Crippen LogP contribution in [-0.2, 0) is 0 Å². The van der Waals surface area contributed by atoms with Crippen molar-refractivity contribution in [3.8, 4) is 0 Å². The first-order chi connectivity index (χ1) is 9.88. The number of nitrogen functional groups attached to an aromatic ring is 1. The summed E-state index contributed by atoms with van der Waals surface area (Å²) in [5.41, 5.74) is 8.22. The van der Waals surface area contributed by atoms with Crippen LogP contribution in [0.4, 0.5) is 17.1 Å². The maximum atomic E-state index is 12.0.